The van der Waals surface area contributed by atoms with Gasteiger partial charge in [-0.1, -0.05) is 164 Å². The number of fused-ring (bicyclic) bond motifs is 4. The van der Waals surface area contributed by atoms with E-state index in [0.29, 0.717) is 0 Å². The average Bonchev–Trinajstić information content (AvgIpc) is 3.17. The Kier molecular flexibility index (Phi) is 6.84. The molecule has 8 aromatic carbocycles. The van der Waals surface area contributed by atoms with Crippen LogP contribution in [0.15, 0.2) is 182 Å². The summed E-state index contributed by atoms with van der Waals surface area (Å²) in [5.74, 6) is 0.725. The van der Waals surface area contributed by atoms with Gasteiger partial charge in [-0.15, -0.1) is 0 Å². The third-order valence-corrected chi connectivity index (χ3v) is 9.27. The van der Waals surface area contributed by atoms with Crippen molar-refractivity contribution in [2.24, 2.45) is 0 Å². The summed E-state index contributed by atoms with van der Waals surface area (Å²) >= 11 is 0. The van der Waals surface area contributed by atoms with Crippen LogP contribution in [0.3, 0.4) is 0 Å². The van der Waals surface area contributed by atoms with E-state index in [0.717, 1.165) is 44.5 Å². The van der Waals surface area contributed by atoms with E-state index in [4.69, 9.17) is 9.97 Å². The normalized spacial score (nSPS) is 11.3. The van der Waals surface area contributed by atoms with Crippen LogP contribution in [-0.2, 0) is 0 Å². The molecule has 0 fully saturated rings. The zero-order valence-electron chi connectivity index (χ0n) is 26.2. The standard InChI is InChI=1S/C46H30N2/c1-2-13-34(14-3-1)44-43-28-27-33-12-5-7-21-42(33)45(43)48-46(47-44)35-25-23-31(24-26-35)36-16-8-17-37(29-36)38-18-9-19-39(30-38)41-22-10-15-32-11-4-6-20-40(32)41/h1-30H. The second kappa shape index (κ2) is 11.8. The molecule has 0 aliphatic carbocycles. The molecule has 0 aliphatic rings. The molecule has 0 radical (unpaired) electrons. The zero-order valence-corrected chi connectivity index (χ0v) is 26.2. The summed E-state index contributed by atoms with van der Waals surface area (Å²) in [6, 6.07) is 64.6. The van der Waals surface area contributed by atoms with E-state index in [9.17, 15) is 0 Å². The molecule has 0 unspecified atom stereocenters. The quantitative estimate of drug-likeness (QED) is 0.181. The predicted octanol–water partition coefficient (Wildman–Crippen LogP) is 12.3. The van der Waals surface area contributed by atoms with Gasteiger partial charge >= 0.3 is 0 Å². The number of hydrogen-bond donors (Lipinski definition) is 0. The molecular weight excluding hydrogens is 581 g/mol. The van der Waals surface area contributed by atoms with Crippen LogP contribution in [0.2, 0.25) is 0 Å². The van der Waals surface area contributed by atoms with Crippen LogP contribution < -0.4 is 0 Å². The molecule has 48 heavy (non-hydrogen) atoms. The first-order valence-corrected chi connectivity index (χ1v) is 16.3. The first kappa shape index (κ1) is 27.9. The highest BCUT2D eigenvalue weighted by Crippen LogP contribution is 2.35. The molecule has 9 aromatic rings. The van der Waals surface area contributed by atoms with Crippen molar-refractivity contribution in [1.29, 1.82) is 0 Å². The maximum Gasteiger partial charge on any atom is 0.160 e. The van der Waals surface area contributed by atoms with Gasteiger partial charge in [-0.2, -0.15) is 0 Å². The Hall–Kier alpha value is -6.38. The molecule has 0 saturated carbocycles. The van der Waals surface area contributed by atoms with Gasteiger partial charge < -0.3 is 0 Å². The van der Waals surface area contributed by atoms with Gasteiger partial charge in [0.15, 0.2) is 5.82 Å². The summed E-state index contributed by atoms with van der Waals surface area (Å²) < 4.78 is 0. The van der Waals surface area contributed by atoms with Crippen LogP contribution >= 0.6 is 0 Å². The molecule has 0 aliphatic heterocycles. The van der Waals surface area contributed by atoms with Crippen LogP contribution in [0.1, 0.15) is 0 Å². The van der Waals surface area contributed by atoms with Gasteiger partial charge in [0, 0.05) is 21.9 Å². The van der Waals surface area contributed by atoms with Gasteiger partial charge in [-0.3, -0.25) is 0 Å². The van der Waals surface area contributed by atoms with Crippen LogP contribution in [-0.4, -0.2) is 9.97 Å². The van der Waals surface area contributed by atoms with E-state index in [1.807, 2.05) is 6.07 Å². The second-order valence-corrected chi connectivity index (χ2v) is 12.2. The summed E-state index contributed by atoms with van der Waals surface area (Å²) in [5.41, 5.74) is 11.2. The Labute approximate surface area is 279 Å². The van der Waals surface area contributed by atoms with Crippen LogP contribution in [0.5, 0.6) is 0 Å². The molecule has 0 bridgehead atoms. The van der Waals surface area contributed by atoms with E-state index in [1.54, 1.807) is 0 Å². The summed E-state index contributed by atoms with van der Waals surface area (Å²) in [4.78, 5) is 10.3. The van der Waals surface area contributed by atoms with Crippen molar-refractivity contribution >= 4 is 32.4 Å². The minimum absolute atomic E-state index is 0.725. The van der Waals surface area contributed by atoms with Crippen LogP contribution in [0, 0.1) is 0 Å². The molecule has 0 spiro atoms. The lowest BCUT2D eigenvalue weighted by Crippen LogP contribution is -1.96. The van der Waals surface area contributed by atoms with Crippen LogP contribution in [0.25, 0.3) is 88.5 Å². The summed E-state index contributed by atoms with van der Waals surface area (Å²) in [7, 11) is 0. The third kappa shape index (κ3) is 5.01. The fourth-order valence-corrected chi connectivity index (χ4v) is 6.84. The molecule has 0 atom stereocenters. The lowest BCUT2D eigenvalue weighted by Gasteiger charge is -2.12. The SMILES string of the molecule is c1ccc(-c2nc(-c3ccc(-c4cccc(-c5cccc(-c6cccc7ccccc67)c5)c4)cc3)nc3c2ccc2ccccc23)cc1. The number of aromatic nitrogens is 2. The van der Waals surface area contributed by atoms with Crippen molar-refractivity contribution < 1.29 is 0 Å². The molecule has 1 aromatic heterocycles. The first-order valence-electron chi connectivity index (χ1n) is 16.3. The Morgan fingerprint density at radius 2 is 0.833 bits per heavy atom. The summed E-state index contributed by atoms with van der Waals surface area (Å²) in [5, 5.41) is 5.89. The monoisotopic (exact) mass is 610 g/mol. The second-order valence-electron chi connectivity index (χ2n) is 12.2. The smallest absolute Gasteiger partial charge is 0.160 e. The molecule has 224 valence electrons. The van der Waals surface area contributed by atoms with Gasteiger partial charge in [0.25, 0.3) is 0 Å². The zero-order chi connectivity index (χ0) is 31.9. The number of benzene rings is 8. The van der Waals surface area contributed by atoms with Crippen molar-refractivity contribution in [2.45, 2.75) is 0 Å². The van der Waals surface area contributed by atoms with Crippen molar-refractivity contribution in [3.05, 3.63) is 182 Å². The number of hydrogen-bond acceptors (Lipinski definition) is 2. The van der Waals surface area contributed by atoms with Crippen molar-refractivity contribution in [3.63, 3.8) is 0 Å². The van der Waals surface area contributed by atoms with E-state index < -0.39 is 0 Å². The molecule has 0 amide bonds. The molecule has 2 nitrogen and oxygen atoms in total. The lowest BCUT2D eigenvalue weighted by atomic mass is 9.94. The van der Waals surface area contributed by atoms with E-state index in [1.165, 1.54) is 44.0 Å². The Morgan fingerprint density at radius 3 is 1.60 bits per heavy atom. The van der Waals surface area contributed by atoms with Crippen molar-refractivity contribution in [3.8, 4) is 56.0 Å². The summed E-state index contributed by atoms with van der Waals surface area (Å²) in [6.45, 7) is 0. The number of nitrogens with zero attached hydrogens (tertiary/aromatic N) is 2. The van der Waals surface area contributed by atoms with E-state index in [-0.39, 0.29) is 0 Å². The Bertz CT molecular complexity index is 2600. The summed E-state index contributed by atoms with van der Waals surface area (Å²) in [6.07, 6.45) is 0. The average molecular weight is 611 g/mol. The van der Waals surface area contributed by atoms with E-state index in [2.05, 4.69) is 176 Å². The van der Waals surface area contributed by atoms with Crippen molar-refractivity contribution in [2.75, 3.05) is 0 Å². The van der Waals surface area contributed by atoms with E-state index >= 15 is 0 Å². The lowest BCUT2D eigenvalue weighted by molar-refractivity contribution is 1.23. The van der Waals surface area contributed by atoms with Gasteiger partial charge in [0.2, 0.25) is 0 Å². The minimum Gasteiger partial charge on any atom is -0.227 e. The van der Waals surface area contributed by atoms with Gasteiger partial charge in [-0.05, 0) is 67.7 Å². The molecule has 2 heteroatoms. The third-order valence-electron chi connectivity index (χ3n) is 9.27. The highest BCUT2D eigenvalue weighted by Gasteiger charge is 2.14. The fraction of sp³-hybridized carbons (Fsp3) is 0. The molecule has 0 saturated heterocycles. The molecule has 0 N–H and O–H groups in total. The Balaban J connectivity index is 1.09. The van der Waals surface area contributed by atoms with Gasteiger partial charge in [0.05, 0.1) is 11.2 Å². The Morgan fingerprint density at radius 1 is 0.292 bits per heavy atom. The molecule has 9 rings (SSSR count). The highest BCUT2D eigenvalue weighted by atomic mass is 14.9. The minimum atomic E-state index is 0.725. The molecule has 1 heterocycles. The number of rotatable bonds is 5. The predicted molar refractivity (Wildman–Crippen MR) is 202 cm³/mol. The first-order chi connectivity index (χ1) is 23.8. The van der Waals surface area contributed by atoms with Crippen LogP contribution in [0.4, 0.5) is 0 Å². The fourth-order valence-electron chi connectivity index (χ4n) is 6.84. The largest absolute Gasteiger partial charge is 0.227 e. The molecular formula is C46H30N2. The maximum atomic E-state index is 5.16. The maximum absolute atomic E-state index is 5.16. The van der Waals surface area contributed by atoms with Gasteiger partial charge in [-0.25, -0.2) is 9.97 Å². The van der Waals surface area contributed by atoms with Crippen molar-refractivity contribution in [1.82, 2.24) is 9.97 Å². The van der Waals surface area contributed by atoms with Gasteiger partial charge in [0.1, 0.15) is 0 Å². The topological polar surface area (TPSA) is 25.8 Å². The highest BCUT2D eigenvalue weighted by molar-refractivity contribution is 6.09.